The van der Waals surface area contributed by atoms with Crippen LogP contribution in [0.25, 0.3) is 22.6 Å². The van der Waals surface area contributed by atoms with Crippen molar-refractivity contribution in [2.24, 2.45) is 7.05 Å². The van der Waals surface area contributed by atoms with E-state index in [9.17, 15) is 4.79 Å². The standard InChI is InChI=1S/C15H17N5O/c1-4-6-10-12-13(20(3)19-10)15(21)18-14(17-12)11-9(2)7-5-8-16-11/h5,7-8H,4,6H2,1-3H3,(H,17,18,21). The molecule has 0 aromatic carbocycles. The van der Waals surface area contributed by atoms with Crippen LogP contribution in [-0.2, 0) is 13.5 Å². The molecule has 0 aliphatic heterocycles. The summed E-state index contributed by atoms with van der Waals surface area (Å²) in [6.07, 6.45) is 3.45. The molecule has 3 rings (SSSR count). The Kier molecular flexibility index (Phi) is 3.29. The van der Waals surface area contributed by atoms with Crippen LogP contribution >= 0.6 is 0 Å². The van der Waals surface area contributed by atoms with E-state index >= 15 is 0 Å². The first kappa shape index (κ1) is 13.5. The van der Waals surface area contributed by atoms with E-state index < -0.39 is 0 Å². The number of nitrogens with one attached hydrogen (secondary N) is 1. The van der Waals surface area contributed by atoms with Crippen molar-refractivity contribution in [1.29, 1.82) is 0 Å². The highest BCUT2D eigenvalue weighted by molar-refractivity contribution is 5.78. The lowest BCUT2D eigenvalue weighted by molar-refractivity contribution is 0.751. The fourth-order valence-electron chi connectivity index (χ4n) is 2.50. The molecule has 1 N–H and O–H groups in total. The highest BCUT2D eigenvalue weighted by atomic mass is 16.1. The zero-order valence-corrected chi connectivity index (χ0v) is 12.3. The first-order chi connectivity index (χ1) is 10.1. The van der Waals surface area contributed by atoms with Gasteiger partial charge in [-0.15, -0.1) is 0 Å². The fraction of sp³-hybridized carbons (Fsp3) is 0.333. The Morgan fingerprint density at radius 3 is 2.90 bits per heavy atom. The van der Waals surface area contributed by atoms with E-state index in [0.29, 0.717) is 22.6 Å². The summed E-state index contributed by atoms with van der Waals surface area (Å²) in [5, 5.41) is 4.41. The summed E-state index contributed by atoms with van der Waals surface area (Å²) in [6, 6.07) is 3.81. The van der Waals surface area contributed by atoms with Gasteiger partial charge >= 0.3 is 0 Å². The van der Waals surface area contributed by atoms with Crippen molar-refractivity contribution in [2.75, 3.05) is 0 Å². The molecule has 0 fully saturated rings. The minimum Gasteiger partial charge on any atom is -0.303 e. The van der Waals surface area contributed by atoms with Gasteiger partial charge in [0.25, 0.3) is 5.56 Å². The van der Waals surface area contributed by atoms with Gasteiger partial charge in [0.15, 0.2) is 11.3 Å². The first-order valence-corrected chi connectivity index (χ1v) is 6.99. The maximum atomic E-state index is 12.3. The van der Waals surface area contributed by atoms with Crippen LogP contribution in [0.1, 0.15) is 24.6 Å². The summed E-state index contributed by atoms with van der Waals surface area (Å²) in [4.78, 5) is 24.1. The minimum atomic E-state index is -0.183. The Labute approximate surface area is 121 Å². The van der Waals surface area contributed by atoms with Crippen LogP contribution in [0.15, 0.2) is 23.1 Å². The number of H-pyrrole nitrogens is 1. The van der Waals surface area contributed by atoms with Crippen molar-refractivity contribution in [3.8, 4) is 11.5 Å². The molecular formula is C15H17N5O. The van der Waals surface area contributed by atoms with Gasteiger partial charge < -0.3 is 4.98 Å². The monoisotopic (exact) mass is 283 g/mol. The first-order valence-electron chi connectivity index (χ1n) is 6.99. The zero-order valence-electron chi connectivity index (χ0n) is 12.3. The molecule has 0 atom stereocenters. The molecule has 0 unspecified atom stereocenters. The number of fused-ring (bicyclic) bond motifs is 1. The topological polar surface area (TPSA) is 76.5 Å². The maximum absolute atomic E-state index is 12.3. The van der Waals surface area contributed by atoms with Crippen LogP contribution in [-0.4, -0.2) is 24.7 Å². The average Bonchev–Trinajstić information content (AvgIpc) is 2.77. The third-order valence-electron chi connectivity index (χ3n) is 3.48. The lowest BCUT2D eigenvalue weighted by Crippen LogP contribution is -2.13. The molecular weight excluding hydrogens is 266 g/mol. The molecule has 0 spiro atoms. The zero-order chi connectivity index (χ0) is 15.0. The van der Waals surface area contributed by atoms with Crippen LogP contribution in [0.4, 0.5) is 0 Å². The highest BCUT2D eigenvalue weighted by Crippen LogP contribution is 2.19. The number of aryl methyl sites for hydroxylation is 3. The van der Waals surface area contributed by atoms with Gasteiger partial charge in [0.05, 0.1) is 5.69 Å². The molecule has 0 amide bonds. The van der Waals surface area contributed by atoms with Crippen LogP contribution in [0, 0.1) is 6.92 Å². The molecule has 108 valence electrons. The Morgan fingerprint density at radius 2 is 2.19 bits per heavy atom. The summed E-state index contributed by atoms with van der Waals surface area (Å²) in [7, 11) is 1.77. The number of hydrogen-bond donors (Lipinski definition) is 1. The average molecular weight is 283 g/mol. The Bertz CT molecular complexity index is 862. The van der Waals surface area contributed by atoms with E-state index in [4.69, 9.17) is 0 Å². The van der Waals surface area contributed by atoms with Crippen molar-refractivity contribution in [3.05, 3.63) is 39.9 Å². The largest absolute Gasteiger partial charge is 0.303 e. The van der Waals surface area contributed by atoms with Gasteiger partial charge in [-0.2, -0.15) is 5.10 Å². The van der Waals surface area contributed by atoms with E-state index in [1.807, 2.05) is 19.1 Å². The van der Waals surface area contributed by atoms with E-state index in [2.05, 4.69) is 27.0 Å². The summed E-state index contributed by atoms with van der Waals surface area (Å²) in [5.41, 5.74) is 3.52. The molecule has 0 aliphatic carbocycles. The Hall–Kier alpha value is -2.50. The molecule has 6 heteroatoms. The lowest BCUT2D eigenvalue weighted by atomic mass is 10.2. The van der Waals surface area contributed by atoms with Crippen molar-refractivity contribution in [1.82, 2.24) is 24.7 Å². The lowest BCUT2D eigenvalue weighted by Gasteiger charge is -2.04. The molecule has 3 aromatic heterocycles. The third-order valence-corrected chi connectivity index (χ3v) is 3.48. The smallest absolute Gasteiger partial charge is 0.277 e. The van der Waals surface area contributed by atoms with Crippen molar-refractivity contribution in [3.63, 3.8) is 0 Å². The molecule has 6 nitrogen and oxygen atoms in total. The number of hydrogen-bond acceptors (Lipinski definition) is 4. The van der Waals surface area contributed by atoms with E-state index in [0.717, 1.165) is 24.1 Å². The van der Waals surface area contributed by atoms with Gasteiger partial charge in [-0.3, -0.25) is 14.5 Å². The van der Waals surface area contributed by atoms with Crippen molar-refractivity contribution < 1.29 is 0 Å². The summed E-state index contributed by atoms with van der Waals surface area (Å²) in [6.45, 7) is 4.03. The molecule has 3 heterocycles. The molecule has 0 bridgehead atoms. The van der Waals surface area contributed by atoms with Crippen molar-refractivity contribution >= 4 is 11.0 Å². The van der Waals surface area contributed by atoms with Gasteiger partial charge in [0.1, 0.15) is 11.2 Å². The van der Waals surface area contributed by atoms with Crippen LogP contribution in [0.2, 0.25) is 0 Å². The number of nitrogens with zero attached hydrogens (tertiary/aromatic N) is 4. The highest BCUT2D eigenvalue weighted by Gasteiger charge is 2.16. The van der Waals surface area contributed by atoms with Crippen molar-refractivity contribution in [2.45, 2.75) is 26.7 Å². The second kappa shape index (κ2) is 5.12. The summed E-state index contributed by atoms with van der Waals surface area (Å²) < 4.78 is 1.60. The number of rotatable bonds is 3. The van der Waals surface area contributed by atoms with Crippen LogP contribution in [0.5, 0.6) is 0 Å². The Morgan fingerprint density at radius 1 is 1.38 bits per heavy atom. The molecule has 0 saturated carbocycles. The van der Waals surface area contributed by atoms with E-state index in [1.165, 1.54) is 0 Å². The second-order valence-corrected chi connectivity index (χ2v) is 5.10. The number of pyridine rings is 1. The van der Waals surface area contributed by atoms with Crippen LogP contribution < -0.4 is 5.56 Å². The number of aromatic amines is 1. The molecule has 21 heavy (non-hydrogen) atoms. The predicted octanol–water partition coefficient (Wildman–Crippen LogP) is 1.98. The van der Waals surface area contributed by atoms with Gasteiger partial charge in [-0.25, -0.2) is 4.98 Å². The van der Waals surface area contributed by atoms with Gasteiger partial charge in [0.2, 0.25) is 0 Å². The van der Waals surface area contributed by atoms with Crippen LogP contribution in [0.3, 0.4) is 0 Å². The normalized spacial score (nSPS) is 11.2. The second-order valence-electron chi connectivity index (χ2n) is 5.10. The molecule has 0 saturated heterocycles. The number of aromatic nitrogens is 5. The van der Waals surface area contributed by atoms with E-state index in [1.54, 1.807) is 17.9 Å². The van der Waals surface area contributed by atoms with Gasteiger partial charge in [-0.1, -0.05) is 19.4 Å². The minimum absolute atomic E-state index is 0.183. The van der Waals surface area contributed by atoms with Gasteiger partial charge in [-0.05, 0) is 25.0 Å². The third kappa shape index (κ3) is 2.22. The predicted molar refractivity (Wildman–Crippen MR) is 81.1 cm³/mol. The molecule has 0 aliphatic rings. The van der Waals surface area contributed by atoms with Gasteiger partial charge in [0, 0.05) is 13.2 Å². The maximum Gasteiger partial charge on any atom is 0.277 e. The molecule has 0 radical (unpaired) electrons. The SMILES string of the molecule is CCCc1nn(C)c2c(=O)[nH]c(-c3ncccc3C)nc12. The summed E-state index contributed by atoms with van der Waals surface area (Å²) >= 11 is 0. The molecule has 3 aromatic rings. The fourth-order valence-corrected chi connectivity index (χ4v) is 2.50. The summed E-state index contributed by atoms with van der Waals surface area (Å²) in [5.74, 6) is 0.496. The van der Waals surface area contributed by atoms with E-state index in [-0.39, 0.29) is 5.56 Å². The Balaban J connectivity index is 2.30. The quantitative estimate of drug-likeness (QED) is 0.797.